The second-order valence-corrected chi connectivity index (χ2v) is 7.66. The molecule has 2 unspecified atom stereocenters. The van der Waals surface area contributed by atoms with Gasteiger partial charge in [-0.3, -0.25) is 4.99 Å². The van der Waals surface area contributed by atoms with Crippen LogP contribution in [0.25, 0.3) is 0 Å². The van der Waals surface area contributed by atoms with E-state index < -0.39 is 0 Å². The number of nitrogens with zero attached hydrogens (tertiary/aromatic N) is 2. The summed E-state index contributed by atoms with van der Waals surface area (Å²) in [6.07, 6.45) is 4.68. The average Bonchev–Trinajstić information content (AvgIpc) is 3.18. The SMILES string of the molecule is CCc1cnc(CCNC(=NC)NC2CC2c2c(F)cccc2Cl)s1.I. The van der Waals surface area contributed by atoms with Crippen molar-refractivity contribution < 1.29 is 4.39 Å². The number of guanidine groups is 1. The topological polar surface area (TPSA) is 49.3 Å². The van der Waals surface area contributed by atoms with E-state index in [-0.39, 0.29) is 41.8 Å². The van der Waals surface area contributed by atoms with Crippen LogP contribution in [0.2, 0.25) is 5.02 Å². The van der Waals surface area contributed by atoms with Crippen molar-refractivity contribution in [2.24, 2.45) is 4.99 Å². The molecule has 3 rings (SSSR count). The fourth-order valence-corrected chi connectivity index (χ4v) is 3.99. The fraction of sp³-hybridized carbons (Fsp3) is 0.444. The number of thiazole rings is 1. The summed E-state index contributed by atoms with van der Waals surface area (Å²) in [5.41, 5.74) is 0.604. The number of benzene rings is 1. The van der Waals surface area contributed by atoms with Crippen molar-refractivity contribution in [2.75, 3.05) is 13.6 Å². The summed E-state index contributed by atoms with van der Waals surface area (Å²) in [5.74, 6) is 0.589. The lowest BCUT2D eigenvalue weighted by atomic mass is 10.1. The van der Waals surface area contributed by atoms with Gasteiger partial charge in [-0.1, -0.05) is 24.6 Å². The van der Waals surface area contributed by atoms with Crippen LogP contribution in [-0.2, 0) is 12.8 Å². The number of nitrogens with one attached hydrogen (secondary N) is 2. The van der Waals surface area contributed by atoms with E-state index >= 15 is 0 Å². The molecule has 0 saturated heterocycles. The van der Waals surface area contributed by atoms with Crippen molar-refractivity contribution in [3.63, 3.8) is 0 Å². The number of rotatable bonds is 6. The third-order valence-corrected chi connectivity index (χ3v) is 5.82. The highest BCUT2D eigenvalue weighted by Crippen LogP contribution is 2.44. The van der Waals surface area contributed by atoms with Crippen molar-refractivity contribution in [1.82, 2.24) is 15.6 Å². The zero-order valence-corrected chi connectivity index (χ0v) is 18.7. The molecule has 0 radical (unpaired) electrons. The molecule has 2 aromatic rings. The number of aromatic nitrogens is 1. The van der Waals surface area contributed by atoms with Crippen molar-refractivity contribution in [1.29, 1.82) is 0 Å². The van der Waals surface area contributed by atoms with E-state index in [1.165, 1.54) is 10.9 Å². The Morgan fingerprint density at radius 2 is 2.27 bits per heavy atom. The fourth-order valence-electron chi connectivity index (χ4n) is 2.82. The highest BCUT2D eigenvalue weighted by molar-refractivity contribution is 14.0. The molecule has 1 heterocycles. The lowest BCUT2D eigenvalue weighted by Crippen LogP contribution is -2.40. The van der Waals surface area contributed by atoms with Gasteiger partial charge in [0.25, 0.3) is 0 Å². The van der Waals surface area contributed by atoms with Gasteiger partial charge >= 0.3 is 0 Å². The van der Waals surface area contributed by atoms with E-state index in [0.717, 1.165) is 36.8 Å². The van der Waals surface area contributed by atoms with E-state index in [0.29, 0.717) is 10.6 Å². The highest BCUT2D eigenvalue weighted by atomic mass is 127. The van der Waals surface area contributed by atoms with E-state index in [4.69, 9.17) is 11.6 Å². The number of halogens is 3. The molecule has 0 aliphatic heterocycles. The molecular formula is C18H23ClFIN4S. The first-order valence-corrected chi connectivity index (χ1v) is 9.66. The van der Waals surface area contributed by atoms with E-state index in [2.05, 4.69) is 27.5 Å². The molecule has 8 heteroatoms. The molecule has 0 spiro atoms. The zero-order chi connectivity index (χ0) is 17.8. The van der Waals surface area contributed by atoms with Gasteiger partial charge in [0.1, 0.15) is 5.82 Å². The number of aliphatic imine (C=N–C) groups is 1. The van der Waals surface area contributed by atoms with Gasteiger partial charge in [-0.15, -0.1) is 35.3 Å². The summed E-state index contributed by atoms with van der Waals surface area (Å²) < 4.78 is 14.0. The monoisotopic (exact) mass is 508 g/mol. The Kier molecular flexibility index (Phi) is 8.09. The van der Waals surface area contributed by atoms with Crippen molar-refractivity contribution in [2.45, 2.75) is 38.1 Å². The minimum absolute atomic E-state index is 0. The van der Waals surface area contributed by atoms with Gasteiger partial charge in [-0.05, 0) is 25.0 Å². The Morgan fingerprint density at radius 1 is 1.46 bits per heavy atom. The molecule has 0 amide bonds. The third-order valence-electron chi connectivity index (χ3n) is 4.29. The molecule has 1 aromatic carbocycles. The van der Waals surface area contributed by atoms with Crippen molar-refractivity contribution >= 4 is 52.9 Å². The molecule has 2 N–H and O–H groups in total. The Hall–Kier alpha value is -0.930. The first-order chi connectivity index (χ1) is 12.1. The van der Waals surface area contributed by atoms with E-state index in [1.54, 1.807) is 30.5 Å². The Labute approximate surface area is 179 Å². The van der Waals surface area contributed by atoms with Crippen LogP contribution in [0.4, 0.5) is 4.39 Å². The summed E-state index contributed by atoms with van der Waals surface area (Å²) in [5, 5.41) is 8.26. The first-order valence-electron chi connectivity index (χ1n) is 8.47. The van der Waals surface area contributed by atoms with Gasteiger partial charge < -0.3 is 10.6 Å². The quantitative estimate of drug-likeness (QED) is 0.346. The standard InChI is InChI=1S/C18H22ClFN4S.HI/c1-3-11-10-23-16(25-11)7-8-22-18(21-2)24-15-9-12(15)17-13(19)5-4-6-14(17)20;/h4-6,10,12,15H,3,7-9H2,1-2H3,(H2,21,22,24);1H. The summed E-state index contributed by atoms with van der Waals surface area (Å²) in [6, 6.07) is 4.99. The second-order valence-electron chi connectivity index (χ2n) is 6.05. The minimum Gasteiger partial charge on any atom is -0.356 e. The molecule has 1 aliphatic rings. The normalized spacial score (nSPS) is 19.0. The molecule has 26 heavy (non-hydrogen) atoms. The van der Waals surface area contributed by atoms with Crippen LogP contribution >= 0.6 is 46.9 Å². The first kappa shape index (κ1) is 21.4. The van der Waals surface area contributed by atoms with Crippen LogP contribution in [-0.4, -0.2) is 30.6 Å². The van der Waals surface area contributed by atoms with Crippen LogP contribution in [0.15, 0.2) is 29.4 Å². The lowest BCUT2D eigenvalue weighted by molar-refractivity contribution is 0.608. The zero-order valence-electron chi connectivity index (χ0n) is 14.8. The number of hydrogen-bond acceptors (Lipinski definition) is 3. The predicted octanol–water partition coefficient (Wildman–Crippen LogP) is 4.38. The van der Waals surface area contributed by atoms with E-state index in [9.17, 15) is 4.39 Å². The predicted molar refractivity (Wildman–Crippen MR) is 118 cm³/mol. The second kappa shape index (κ2) is 9.85. The average molecular weight is 509 g/mol. The smallest absolute Gasteiger partial charge is 0.191 e. The van der Waals surface area contributed by atoms with Gasteiger partial charge in [0.15, 0.2) is 5.96 Å². The maximum atomic E-state index is 14.0. The Morgan fingerprint density at radius 3 is 2.92 bits per heavy atom. The minimum atomic E-state index is -0.236. The van der Waals surface area contributed by atoms with Gasteiger partial charge in [-0.25, -0.2) is 9.37 Å². The third kappa shape index (κ3) is 5.29. The molecule has 2 atom stereocenters. The van der Waals surface area contributed by atoms with Gasteiger partial charge in [-0.2, -0.15) is 0 Å². The van der Waals surface area contributed by atoms with Crippen LogP contribution in [0.1, 0.15) is 34.7 Å². The van der Waals surface area contributed by atoms with Gasteiger partial charge in [0, 0.05) is 53.6 Å². The summed E-state index contributed by atoms with van der Waals surface area (Å²) in [7, 11) is 1.74. The van der Waals surface area contributed by atoms with E-state index in [1.807, 2.05) is 6.20 Å². The molecule has 1 aromatic heterocycles. The number of aryl methyl sites for hydroxylation is 1. The molecule has 4 nitrogen and oxygen atoms in total. The molecule has 1 aliphatic carbocycles. The van der Waals surface area contributed by atoms with Crippen molar-refractivity contribution in [3.8, 4) is 0 Å². The number of hydrogen-bond donors (Lipinski definition) is 2. The van der Waals surface area contributed by atoms with Crippen LogP contribution in [0, 0.1) is 5.82 Å². The maximum absolute atomic E-state index is 14.0. The van der Waals surface area contributed by atoms with Crippen molar-refractivity contribution in [3.05, 3.63) is 50.7 Å². The van der Waals surface area contributed by atoms with Gasteiger partial charge in [0.2, 0.25) is 0 Å². The molecule has 142 valence electrons. The summed E-state index contributed by atoms with van der Waals surface area (Å²) in [4.78, 5) is 9.97. The Bertz CT molecular complexity index is 747. The largest absolute Gasteiger partial charge is 0.356 e. The maximum Gasteiger partial charge on any atom is 0.191 e. The molecule has 0 bridgehead atoms. The summed E-state index contributed by atoms with van der Waals surface area (Å²) in [6.45, 7) is 2.89. The van der Waals surface area contributed by atoms with Crippen LogP contribution < -0.4 is 10.6 Å². The van der Waals surface area contributed by atoms with Crippen LogP contribution in [0.3, 0.4) is 0 Å². The molecule has 1 fully saturated rings. The summed E-state index contributed by atoms with van der Waals surface area (Å²) >= 11 is 7.90. The lowest BCUT2D eigenvalue weighted by Gasteiger charge is -2.12. The van der Waals surface area contributed by atoms with Crippen LogP contribution in [0.5, 0.6) is 0 Å². The molecule has 1 saturated carbocycles. The Balaban J connectivity index is 0.00000243. The molecular weight excluding hydrogens is 486 g/mol. The highest BCUT2D eigenvalue weighted by Gasteiger charge is 2.41. The van der Waals surface area contributed by atoms with Gasteiger partial charge in [0.05, 0.1) is 5.01 Å².